The highest BCUT2D eigenvalue weighted by atomic mass is 79.9. The summed E-state index contributed by atoms with van der Waals surface area (Å²) in [5, 5.41) is 4.62. The zero-order valence-corrected chi connectivity index (χ0v) is 15.1. The van der Waals surface area contributed by atoms with Gasteiger partial charge < -0.3 is 5.32 Å². The van der Waals surface area contributed by atoms with Crippen LogP contribution < -0.4 is 5.32 Å². The van der Waals surface area contributed by atoms with Crippen molar-refractivity contribution in [3.63, 3.8) is 0 Å². The zero-order valence-electron chi connectivity index (χ0n) is 12.7. The van der Waals surface area contributed by atoms with Gasteiger partial charge in [-0.15, -0.1) is 0 Å². The first kappa shape index (κ1) is 15.8. The fourth-order valence-electron chi connectivity index (χ4n) is 4.39. The number of hydrogen-bond acceptors (Lipinski definition) is 1. The molecule has 0 aliphatic heterocycles. The van der Waals surface area contributed by atoms with Crippen LogP contribution in [0.15, 0.2) is 22.7 Å². The lowest BCUT2D eigenvalue weighted by atomic mass is 9.82. The fraction of sp³-hybridized carbons (Fsp3) is 0.667. The minimum absolute atomic E-state index is 0.412. The van der Waals surface area contributed by atoms with Crippen LogP contribution in [0.2, 0.25) is 5.02 Å². The first-order chi connectivity index (χ1) is 10.2. The SMILES string of the molecule is CCCNC(CC1CC2CCC1C2)c1ccc(Br)cc1Cl. The Morgan fingerprint density at radius 3 is 2.81 bits per heavy atom. The Balaban J connectivity index is 1.74. The summed E-state index contributed by atoms with van der Waals surface area (Å²) in [5.74, 6) is 2.90. The maximum Gasteiger partial charge on any atom is 0.0465 e. The van der Waals surface area contributed by atoms with E-state index in [2.05, 4.69) is 40.3 Å². The van der Waals surface area contributed by atoms with Crippen LogP contribution >= 0.6 is 27.5 Å². The third-order valence-corrected chi connectivity index (χ3v) is 6.22. The van der Waals surface area contributed by atoms with Crippen LogP contribution in [0, 0.1) is 17.8 Å². The molecule has 1 nitrogen and oxygen atoms in total. The molecule has 2 fully saturated rings. The third-order valence-electron chi connectivity index (χ3n) is 5.40. The first-order valence-electron chi connectivity index (χ1n) is 8.35. The number of rotatable bonds is 6. The van der Waals surface area contributed by atoms with E-state index in [4.69, 9.17) is 11.6 Å². The zero-order chi connectivity index (χ0) is 14.8. The number of halogens is 2. The van der Waals surface area contributed by atoms with Crippen molar-refractivity contribution in [2.75, 3.05) is 6.54 Å². The largest absolute Gasteiger partial charge is 0.310 e. The van der Waals surface area contributed by atoms with Gasteiger partial charge in [-0.1, -0.05) is 46.9 Å². The molecular weight excluding hydrogens is 346 g/mol. The topological polar surface area (TPSA) is 12.0 Å². The summed E-state index contributed by atoms with van der Waals surface area (Å²) < 4.78 is 1.06. The number of fused-ring (bicyclic) bond motifs is 2. The van der Waals surface area contributed by atoms with E-state index >= 15 is 0 Å². The molecular formula is C18H25BrClN. The highest BCUT2D eigenvalue weighted by molar-refractivity contribution is 9.10. The molecule has 0 spiro atoms. The van der Waals surface area contributed by atoms with Gasteiger partial charge >= 0.3 is 0 Å². The molecule has 2 aliphatic rings. The molecule has 0 aromatic heterocycles. The Kier molecular flexibility index (Phi) is 5.29. The van der Waals surface area contributed by atoms with Crippen molar-refractivity contribution in [3.05, 3.63) is 33.3 Å². The molecule has 3 rings (SSSR count). The summed E-state index contributed by atoms with van der Waals surface area (Å²) in [6, 6.07) is 6.74. The molecule has 0 heterocycles. The maximum atomic E-state index is 6.50. The molecule has 2 saturated carbocycles. The molecule has 3 heteroatoms. The second kappa shape index (κ2) is 7.02. The van der Waals surface area contributed by atoms with Gasteiger partial charge in [-0.2, -0.15) is 0 Å². The van der Waals surface area contributed by atoms with Crippen LogP contribution in [0.1, 0.15) is 57.1 Å². The lowest BCUT2D eigenvalue weighted by Gasteiger charge is -2.28. The third kappa shape index (κ3) is 3.65. The predicted molar refractivity (Wildman–Crippen MR) is 93.7 cm³/mol. The van der Waals surface area contributed by atoms with Gasteiger partial charge in [-0.05, 0) is 74.1 Å². The molecule has 4 unspecified atom stereocenters. The Morgan fingerprint density at radius 1 is 1.33 bits per heavy atom. The average molecular weight is 371 g/mol. The van der Waals surface area contributed by atoms with Gasteiger partial charge in [0, 0.05) is 15.5 Å². The minimum Gasteiger partial charge on any atom is -0.310 e. The Labute approximate surface area is 142 Å². The van der Waals surface area contributed by atoms with Crippen LogP contribution in [0.3, 0.4) is 0 Å². The van der Waals surface area contributed by atoms with Crippen molar-refractivity contribution in [1.82, 2.24) is 5.32 Å². The maximum absolute atomic E-state index is 6.50. The highest BCUT2D eigenvalue weighted by Gasteiger charge is 2.40. The molecule has 2 bridgehead atoms. The summed E-state index contributed by atoms with van der Waals surface area (Å²) >= 11 is 10.0. The van der Waals surface area contributed by atoms with E-state index in [1.54, 1.807) is 0 Å². The van der Waals surface area contributed by atoms with Gasteiger partial charge in [0.15, 0.2) is 0 Å². The Morgan fingerprint density at radius 2 is 2.19 bits per heavy atom. The Hall–Kier alpha value is -0.0500. The van der Waals surface area contributed by atoms with Gasteiger partial charge in [0.2, 0.25) is 0 Å². The van der Waals surface area contributed by atoms with Crippen LogP contribution in [-0.4, -0.2) is 6.54 Å². The van der Waals surface area contributed by atoms with Gasteiger partial charge in [-0.25, -0.2) is 0 Å². The van der Waals surface area contributed by atoms with E-state index in [9.17, 15) is 0 Å². The Bertz CT molecular complexity index is 490. The molecule has 21 heavy (non-hydrogen) atoms. The lowest BCUT2D eigenvalue weighted by molar-refractivity contribution is 0.279. The molecule has 4 atom stereocenters. The highest BCUT2D eigenvalue weighted by Crippen LogP contribution is 2.51. The fourth-order valence-corrected chi connectivity index (χ4v) is 5.20. The van der Waals surface area contributed by atoms with Crippen molar-refractivity contribution < 1.29 is 0 Å². The van der Waals surface area contributed by atoms with Crippen molar-refractivity contribution in [2.45, 2.75) is 51.5 Å². The van der Waals surface area contributed by atoms with Gasteiger partial charge in [0.05, 0.1) is 0 Å². The van der Waals surface area contributed by atoms with E-state index < -0.39 is 0 Å². The van der Waals surface area contributed by atoms with Gasteiger partial charge in [-0.3, -0.25) is 0 Å². The monoisotopic (exact) mass is 369 g/mol. The molecule has 1 N–H and O–H groups in total. The van der Waals surface area contributed by atoms with E-state index in [1.165, 1.54) is 44.1 Å². The van der Waals surface area contributed by atoms with Crippen molar-refractivity contribution in [1.29, 1.82) is 0 Å². The summed E-state index contributed by atoms with van der Waals surface area (Å²) in [7, 11) is 0. The first-order valence-corrected chi connectivity index (χ1v) is 9.52. The van der Waals surface area contributed by atoms with Crippen molar-refractivity contribution >= 4 is 27.5 Å². The number of benzene rings is 1. The summed E-state index contributed by atoms with van der Waals surface area (Å²) in [4.78, 5) is 0. The van der Waals surface area contributed by atoms with Crippen LogP contribution in [-0.2, 0) is 0 Å². The summed E-state index contributed by atoms with van der Waals surface area (Å²) in [5.41, 5.74) is 1.27. The van der Waals surface area contributed by atoms with Crippen molar-refractivity contribution in [3.8, 4) is 0 Å². The van der Waals surface area contributed by atoms with Gasteiger partial charge in [0.1, 0.15) is 0 Å². The molecule has 2 aliphatic carbocycles. The molecule has 0 amide bonds. The second-order valence-corrected chi connectivity index (χ2v) is 8.17. The average Bonchev–Trinajstić information content (AvgIpc) is 3.06. The second-order valence-electron chi connectivity index (χ2n) is 6.84. The molecule has 116 valence electrons. The molecule has 0 radical (unpaired) electrons. The smallest absolute Gasteiger partial charge is 0.0465 e. The van der Waals surface area contributed by atoms with E-state index in [0.717, 1.165) is 33.8 Å². The van der Waals surface area contributed by atoms with E-state index in [-0.39, 0.29) is 0 Å². The number of nitrogens with one attached hydrogen (secondary N) is 1. The molecule has 1 aromatic carbocycles. The predicted octanol–water partition coefficient (Wildman–Crippen LogP) is 5.97. The van der Waals surface area contributed by atoms with Crippen LogP contribution in [0.4, 0.5) is 0 Å². The number of hydrogen-bond donors (Lipinski definition) is 1. The van der Waals surface area contributed by atoms with E-state index in [1.807, 2.05) is 6.07 Å². The van der Waals surface area contributed by atoms with Crippen molar-refractivity contribution in [2.24, 2.45) is 17.8 Å². The molecule has 0 saturated heterocycles. The van der Waals surface area contributed by atoms with E-state index in [0.29, 0.717) is 6.04 Å². The lowest BCUT2D eigenvalue weighted by Crippen LogP contribution is -2.26. The van der Waals surface area contributed by atoms with Crippen LogP contribution in [0.25, 0.3) is 0 Å². The standard InChI is InChI=1S/C18H25BrClN/c1-2-7-21-18(16-6-5-15(19)11-17(16)20)10-14-9-12-3-4-13(14)8-12/h5-6,11-14,18,21H,2-4,7-10H2,1H3. The summed E-state index contributed by atoms with van der Waals surface area (Å²) in [6.07, 6.45) is 8.30. The normalized spacial score (nSPS) is 29.0. The molecule has 1 aromatic rings. The van der Waals surface area contributed by atoms with Gasteiger partial charge in [0.25, 0.3) is 0 Å². The minimum atomic E-state index is 0.412. The van der Waals surface area contributed by atoms with Crippen LogP contribution in [0.5, 0.6) is 0 Å². The summed E-state index contributed by atoms with van der Waals surface area (Å²) in [6.45, 7) is 3.29. The quantitative estimate of drug-likeness (QED) is 0.650.